The van der Waals surface area contributed by atoms with Gasteiger partial charge in [-0.3, -0.25) is 14.1 Å². The minimum absolute atomic E-state index is 0.132. The molecule has 2 saturated heterocycles. The third kappa shape index (κ3) is 4.44. The van der Waals surface area contributed by atoms with E-state index in [0.717, 1.165) is 44.9 Å². The molecule has 2 rings (SSSR count). The van der Waals surface area contributed by atoms with E-state index >= 15 is 0 Å². The normalized spacial score (nSPS) is 31.6. The van der Waals surface area contributed by atoms with Gasteiger partial charge < -0.3 is 9.47 Å². The quantitative estimate of drug-likeness (QED) is 0.572. The summed E-state index contributed by atoms with van der Waals surface area (Å²) in [6.07, 6.45) is 5.45. The minimum atomic E-state index is -4.79. The zero-order valence-corrected chi connectivity index (χ0v) is 14.0. The van der Waals surface area contributed by atoms with Gasteiger partial charge in [-0.2, -0.15) is 8.42 Å². The monoisotopic (exact) mass is 348 g/mol. The molecule has 2 fully saturated rings. The van der Waals surface area contributed by atoms with Gasteiger partial charge in [0.1, 0.15) is 0 Å². The van der Waals surface area contributed by atoms with Crippen molar-refractivity contribution in [2.45, 2.75) is 81.7 Å². The molecular weight excluding hydrogens is 324 g/mol. The molecule has 0 saturated carbocycles. The highest BCUT2D eigenvalue weighted by molar-refractivity contribution is 7.88. The van der Waals surface area contributed by atoms with Crippen LogP contribution in [0.2, 0.25) is 0 Å². The van der Waals surface area contributed by atoms with E-state index in [1.165, 1.54) is 0 Å². The smallest absolute Gasteiger partial charge is 0.333 e. The Kier molecular flexibility index (Phi) is 6.02. The Labute approximate surface area is 136 Å². The van der Waals surface area contributed by atoms with Crippen molar-refractivity contribution >= 4 is 22.1 Å². The van der Waals surface area contributed by atoms with Crippen LogP contribution in [0.15, 0.2) is 0 Å². The molecule has 1 N–H and O–H groups in total. The van der Waals surface area contributed by atoms with E-state index in [1.807, 2.05) is 0 Å². The standard InChI is InChI=1S/C15H24O7S/c16-12-11-15(23(18,19)20)10-8-6-4-2-1-3-5-7-9-13(21-12)22-14(15)17/h13H,1-11H2,(H,18,19,20). The van der Waals surface area contributed by atoms with E-state index < -0.39 is 39.5 Å². The molecule has 2 bridgehead atoms. The molecule has 0 amide bonds. The third-order valence-electron chi connectivity index (χ3n) is 4.57. The molecule has 0 aliphatic carbocycles. The molecule has 8 heteroatoms. The summed E-state index contributed by atoms with van der Waals surface area (Å²) in [5.41, 5.74) is 0. The summed E-state index contributed by atoms with van der Waals surface area (Å²) in [5.74, 6) is -1.90. The van der Waals surface area contributed by atoms with Crippen molar-refractivity contribution in [1.29, 1.82) is 0 Å². The predicted octanol–water partition coefficient (Wildman–Crippen LogP) is 2.34. The van der Waals surface area contributed by atoms with Crippen molar-refractivity contribution in [3.63, 3.8) is 0 Å². The molecule has 2 aliphatic rings. The summed E-state index contributed by atoms with van der Waals surface area (Å²) >= 11 is 0. The summed E-state index contributed by atoms with van der Waals surface area (Å²) in [4.78, 5) is 24.3. The van der Waals surface area contributed by atoms with Crippen molar-refractivity contribution in [2.24, 2.45) is 0 Å². The first-order chi connectivity index (χ1) is 10.8. The van der Waals surface area contributed by atoms with E-state index in [9.17, 15) is 22.6 Å². The maximum absolute atomic E-state index is 12.4. The molecule has 2 atom stereocenters. The Bertz CT molecular complexity index is 542. The third-order valence-corrected chi connectivity index (χ3v) is 6.07. The van der Waals surface area contributed by atoms with Crippen LogP contribution in [0.3, 0.4) is 0 Å². The van der Waals surface area contributed by atoms with Crippen LogP contribution in [0.1, 0.15) is 70.6 Å². The number of esters is 2. The van der Waals surface area contributed by atoms with Gasteiger partial charge in [0.15, 0.2) is 0 Å². The predicted molar refractivity (Wildman–Crippen MR) is 81.0 cm³/mol. The molecule has 0 aromatic carbocycles. The molecule has 7 nitrogen and oxygen atoms in total. The number of carbonyl (C=O) groups excluding carboxylic acids is 2. The second-order valence-corrected chi connectivity index (χ2v) is 8.07. The maximum atomic E-state index is 12.4. The summed E-state index contributed by atoms with van der Waals surface area (Å²) in [6, 6.07) is 0. The summed E-state index contributed by atoms with van der Waals surface area (Å²) in [6.45, 7) is 0. The van der Waals surface area contributed by atoms with E-state index in [-0.39, 0.29) is 6.42 Å². The first-order valence-corrected chi connectivity index (χ1v) is 9.67. The number of fused-ring (bicyclic) bond motifs is 3. The number of carbonyl (C=O) groups is 2. The van der Waals surface area contributed by atoms with Crippen molar-refractivity contribution < 1.29 is 32.0 Å². The topological polar surface area (TPSA) is 107 Å². The molecule has 0 aromatic rings. The lowest BCUT2D eigenvalue weighted by atomic mass is 9.96. The van der Waals surface area contributed by atoms with Gasteiger partial charge in [-0.05, 0) is 12.8 Å². The largest absolute Gasteiger partial charge is 0.425 e. The average Bonchev–Trinajstić information content (AvgIpc) is 2.57. The number of hydrogen-bond donors (Lipinski definition) is 1. The van der Waals surface area contributed by atoms with Crippen LogP contribution in [0, 0.1) is 0 Å². The van der Waals surface area contributed by atoms with Gasteiger partial charge >= 0.3 is 11.9 Å². The first kappa shape index (κ1) is 18.2. The maximum Gasteiger partial charge on any atom is 0.333 e. The zero-order valence-electron chi connectivity index (χ0n) is 13.2. The Morgan fingerprint density at radius 3 is 2.09 bits per heavy atom. The molecule has 0 radical (unpaired) electrons. The highest BCUT2D eigenvalue weighted by Gasteiger charge is 2.55. The number of rotatable bonds is 1. The average molecular weight is 348 g/mol. The van der Waals surface area contributed by atoms with Gasteiger partial charge in [0.05, 0.1) is 6.42 Å². The molecule has 132 valence electrons. The van der Waals surface area contributed by atoms with Crippen molar-refractivity contribution in [1.82, 2.24) is 0 Å². The lowest BCUT2D eigenvalue weighted by Crippen LogP contribution is -2.48. The van der Waals surface area contributed by atoms with Gasteiger partial charge in [-0.1, -0.05) is 44.9 Å². The molecular formula is C15H24O7S. The van der Waals surface area contributed by atoms with E-state index in [1.54, 1.807) is 0 Å². The lowest BCUT2D eigenvalue weighted by molar-refractivity contribution is -0.182. The van der Waals surface area contributed by atoms with Crippen molar-refractivity contribution in [3.8, 4) is 0 Å². The summed E-state index contributed by atoms with van der Waals surface area (Å²) < 4.78 is 41.2. The highest BCUT2D eigenvalue weighted by atomic mass is 32.2. The van der Waals surface area contributed by atoms with Crippen LogP contribution in [-0.2, 0) is 29.2 Å². The van der Waals surface area contributed by atoms with Gasteiger partial charge in [0, 0.05) is 6.42 Å². The van der Waals surface area contributed by atoms with Crippen LogP contribution in [0.5, 0.6) is 0 Å². The molecule has 0 spiro atoms. The Morgan fingerprint density at radius 1 is 0.913 bits per heavy atom. The van der Waals surface area contributed by atoms with Crippen LogP contribution >= 0.6 is 0 Å². The van der Waals surface area contributed by atoms with Crippen LogP contribution in [-0.4, -0.2) is 35.9 Å². The van der Waals surface area contributed by atoms with E-state index in [2.05, 4.69) is 0 Å². The fourth-order valence-corrected chi connectivity index (χ4v) is 4.12. The van der Waals surface area contributed by atoms with Crippen molar-refractivity contribution in [2.75, 3.05) is 0 Å². The molecule has 23 heavy (non-hydrogen) atoms. The Balaban J connectivity index is 2.28. The van der Waals surface area contributed by atoms with Gasteiger partial charge in [0.25, 0.3) is 10.1 Å². The van der Waals surface area contributed by atoms with Crippen LogP contribution in [0.25, 0.3) is 0 Å². The fraction of sp³-hybridized carbons (Fsp3) is 0.867. The Hall–Kier alpha value is -1.15. The molecule has 0 aromatic heterocycles. The van der Waals surface area contributed by atoms with E-state index in [4.69, 9.17) is 9.47 Å². The van der Waals surface area contributed by atoms with Gasteiger partial charge in [-0.15, -0.1) is 0 Å². The van der Waals surface area contributed by atoms with Gasteiger partial charge in [0.2, 0.25) is 11.0 Å². The van der Waals surface area contributed by atoms with Crippen LogP contribution in [0.4, 0.5) is 0 Å². The lowest BCUT2D eigenvalue weighted by Gasteiger charge is -2.25. The zero-order chi connectivity index (χ0) is 16.9. The second kappa shape index (κ2) is 7.61. The summed E-state index contributed by atoms with van der Waals surface area (Å²) in [5, 5.41) is 0. The Morgan fingerprint density at radius 2 is 1.48 bits per heavy atom. The first-order valence-electron chi connectivity index (χ1n) is 8.23. The SMILES string of the molecule is O=C1CC2(S(=O)(=O)O)CCCCCCCCCCC(O1)OC2=O. The molecule has 2 unspecified atom stereocenters. The van der Waals surface area contributed by atoms with E-state index in [0.29, 0.717) is 12.8 Å². The number of hydrogen-bond acceptors (Lipinski definition) is 6. The fourth-order valence-electron chi connectivity index (χ4n) is 3.16. The van der Waals surface area contributed by atoms with Gasteiger partial charge in [-0.25, -0.2) is 0 Å². The van der Waals surface area contributed by atoms with Crippen molar-refractivity contribution in [3.05, 3.63) is 0 Å². The second-order valence-electron chi connectivity index (χ2n) is 6.34. The summed E-state index contributed by atoms with van der Waals surface area (Å²) in [7, 11) is -4.79. The minimum Gasteiger partial charge on any atom is -0.425 e. The molecule has 2 heterocycles. The highest BCUT2D eigenvalue weighted by Crippen LogP contribution is 2.34. The molecule has 2 aliphatic heterocycles. The number of ether oxygens (including phenoxy) is 2. The van der Waals surface area contributed by atoms with Crippen LogP contribution < -0.4 is 0 Å².